The van der Waals surface area contributed by atoms with E-state index in [4.69, 9.17) is 23.2 Å². The van der Waals surface area contributed by atoms with E-state index in [1.807, 2.05) is 22.4 Å². The molecule has 28 heavy (non-hydrogen) atoms. The molecule has 1 aromatic carbocycles. The normalized spacial score (nSPS) is 15.0. The van der Waals surface area contributed by atoms with Crippen molar-refractivity contribution in [3.8, 4) is 9.88 Å². The van der Waals surface area contributed by atoms with Crippen molar-refractivity contribution in [1.29, 1.82) is 0 Å². The zero-order valence-corrected chi connectivity index (χ0v) is 17.9. The second kappa shape index (κ2) is 8.33. The third kappa shape index (κ3) is 4.01. The van der Waals surface area contributed by atoms with Gasteiger partial charge < -0.3 is 4.90 Å². The lowest BCUT2D eigenvalue weighted by molar-refractivity contribution is 0.0654. The molecule has 8 heteroatoms. The van der Waals surface area contributed by atoms with E-state index in [1.54, 1.807) is 35.7 Å². The van der Waals surface area contributed by atoms with Crippen LogP contribution in [0.4, 0.5) is 0 Å². The van der Waals surface area contributed by atoms with Gasteiger partial charge in [-0.1, -0.05) is 29.3 Å². The third-order valence-corrected chi connectivity index (χ3v) is 7.57. The van der Waals surface area contributed by atoms with Gasteiger partial charge in [0.2, 0.25) is 0 Å². The molecule has 3 aromatic rings. The van der Waals surface area contributed by atoms with Crippen LogP contribution in [0.25, 0.3) is 9.88 Å². The maximum atomic E-state index is 12.8. The third-order valence-electron chi connectivity index (χ3n) is 4.81. The maximum absolute atomic E-state index is 12.8. The molecule has 3 heterocycles. The molecule has 1 aliphatic heterocycles. The molecule has 1 amide bonds. The Balaban J connectivity index is 1.39. The lowest BCUT2D eigenvalue weighted by Gasteiger charge is -2.31. The van der Waals surface area contributed by atoms with Crippen LogP contribution >= 0.6 is 45.9 Å². The van der Waals surface area contributed by atoms with Crippen LogP contribution in [0.5, 0.6) is 0 Å². The minimum absolute atomic E-state index is 0.0132. The van der Waals surface area contributed by atoms with Crippen molar-refractivity contribution in [3.05, 3.63) is 62.4 Å². The van der Waals surface area contributed by atoms with E-state index in [0.717, 1.165) is 9.88 Å². The van der Waals surface area contributed by atoms with Gasteiger partial charge in [-0.05, 0) is 42.5 Å². The molecule has 0 unspecified atom stereocenters. The van der Waals surface area contributed by atoms with Gasteiger partial charge in [0.1, 0.15) is 9.88 Å². The Hall–Kier alpha value is -1.73. The van der Waals surface area contributed by atoms with Crippen molar-refractivity contribution < 1.29 is 9.59 Å². The number of thiazole rings is 1. The number of likely N-dealkylation sites (tertiary alicyclic amines) is 1. The monoisotopic (exact) mass is 450 g/mol. The van der Waals surface area contributed by atoms with Gasteiger partial charge in [-0.3, -0.25) is 9.59 Å². The summed E-state index contributed by atoms with van der Waals surface area (Å²) in [5.41, 5.74) is 0.572. The largest absolute Gasteiger partial charge is 0.338 e. The minimum atomic E-state index is -0.107. The molecule has 1 fully saturated rings. The van der Waals surface area contributed by atoms with Crippen LogP contribution < -0.4 is 0 Å². The predicted octanol–water partition coefficient (Wildman–Crippen LogP) is 5.91. The van der Waals surface area contributed by atoms with Crippen LogP contribution in [-0.2, 0) is 0 Å². The van der Waals surface area contributed by atoms with Crippen LogP contribution in [0, 0.1) is 5.92 Å². The standard InChI is InChI=1S/C20H16Cl2N2O2S2/c21-14-4-3-13(10-15(14)22)18(25)12-5-7-24(8-6-12)20(26)17-11-23-19(28-17)16-2-1-9-27-16/h1-4,9-12H,5-8H2. The molecule has 4 rings (SSSR count). The predicted molar refractivity (Wildman–Crippen MR) is 115 cm³/mol. The van der Waals surface area contributed by atoms with Crippen LogP contribution in [0.1, 0.15) is 32.9 Å². The highest BCUT2D eigenvalue weighted by Gasteiger charge is 2.29. The molecule has 0 bridgehead atoms. The fourth-order valence-corrected chi connectivity index (χ4v) is 5.26. The number of thiophene rings is 1. The molecule has 4 nitrogen and oxygen atoms in total. The van der Waals surface area contributed by atoms with E-state index < -0.39 is 0 Å². The van der Waals surface area contributed by atoms with Gasteiger partial charge in [-0.25, -0.2) is 4.98 Å². The summed E-state index contributed by atoms with van der Waals surface area (Å²) < 4.78 is 0. The van der Waals surface area contributed by atoms with Crippen molar-refractivity contribution in [2.75, 3.05) is 13.1 Å². The second-order valence-electron chi connectivity index (χ2n) is 6.57. The lowest BCUT2D eigenvalue weighted by atomic mass is 9.89. The van der Waals surface area contributed by atoms with Gasteiger partial charge in [0.05, 0.1) is 21.1 Å². The molecular formula is C20H16Cl2N2O2S2. The van der Waals surface area contributed by atoms with Gasteiger partial charge in [-0.2, -0.15) is 0 Å². The number of hydrogen-bond donors (Lipinski definition) is 0. The van der Waals surface area contributed by atoms with Gasteiger partial charge >= 0.3 is 0 Å². The van der Waals surface area contributed by atoms with Crippen LogP contribution in [0.15, 0.2) is 41.9 Å². The van der Waals surface area contributed by atoms with Crippen LogP contribution in [-0.4, -0.2) is 34.7 Å². The summed E-state index contributed by atoms with van der Waals surface area (Å²) in [6.45, 7) is 1.12. The fourth-order valence-electron chi connectivity index (χ4n) is 3.27. The van der Waals surface area contributed by atoms with E-state index in [0.29, 0.717) is 46.4 Å². The zero-order chi connectivity index (χ0) is 19.7. The van der Waals surface area contributed by atoms with Crippen molar-refractivity contribution in [2.24, 2.45) is 5.92 Å². The number of benzene rings is 1. The number of ketones is 1. The van der Waals surface area contributed by atoms with Gasteiger partial charge in [0.25, 0.3) is 5.91 Å². The van der Waals surface area contributed by atoms with Crippen LogP contribution in [0.2, 0.25) is 10.0 Å². The summed E-state index contributed by atoms with van der Waals surface area (Å²) in [5.74, 6) is -0.0615. The second-order valence-corrected chi connectivity index (χ2v) is 9.36. The average Bonchev–Trinajstić information content (AvgIpc) is 3.41. The number of piperidine rings is 1. The zero-order valence-electron chi connectivity index (χ0n) is 14.7. The Labute approximate surface area is 180 Å². The molecule has 144 valence electrons. The molecule has 0 saturated carbocycles. The number of carbonyl (C=O) groups is 2. The summed E-state index contributed by atoms with van der Waals surface area (Å²) in [6.07, 6.45) is 2.93. The fraction of sp³-hybridized carbons (Fsp3) is 0.250. The van der Waals surface area contributed by atoms with Crippen molar-refractivity contribution >= 4 is 57.6 Å². The molecule has 0 radical (unpaired) electrons. The number of hydrogen-bond acceptors (Lipinski definition) is 5. The molecule has 1 aliphatic rings. The number of aromatic nitrogens is 1. The van der Waals surface area contributed by atoms with E-state index in [1.165, 1.54) is 11.3 Å². The molecule has 0 aliphatic carbocycles. The quantitative estimate of drug-likeness (QED) is 0.463. The van der Waals surface area contributed by atoms with E-state index in [9.17, 15) is 9.59 Å². The van der Waals surface area contributed by atoms with Crippen molar-refractivity contribution in [3.63, 3.8) is 0 Å². The first-order valence-electron chi connectivity index (χ1n) is 8.81. The molecule has 2 aromatic heterocycles. The topological polar surface area (TPSA) is 50.3 Å². The highest BCUT2D eigenvalue weighted by molar-refractivity contribution is 7.21. The molecular weight excluding hydrogens is 435 g/mol. The SMILES string of the molecule is O=C(c1ccc(Cl)c(Cl)c1)C1CCN(C(=O)c2cnc(-c3cccs3)s2)CC1. The first kappa shape index (κ1) is 19.6. The molecule has 0 spiro atoms. The first-order valence-corrected chi connectivity index (χ1v) is 11.3. The summed E-state index contributed by atoms with van der Waals surface area (Å²) in [7, 11) is 0. The van der Waals surface area contributed by atoms with Crippen molar-refractivity contribution in [2.45, 2.75) is 12.8 Å². The first-order chi connectivity index (χ1) is 13.5. The van der Waals surface area contributed by atoms with Gasteiger partial charge in [0.15, 0.2) is 5.78 Å². The maximum Gasteiger partial charge on any atom is 0.265 e. The van der Waals surface area contributed by atoms with Gasteiger partial charge in [-0.15, -0.1) is 22.7 Å². The number of nitrogens with zero attached hydrogens (tertiary/aromatic N) is 2. The minimum Gasteiger partial charge on any atom is -0.338 e. The molecule has 0 atom stereocenters. The van der Waals surface area contributed by atoms with E-state index in [-0.39, 0.29) is 17.6 Å². The van der Waals surface area contributed by atoms with E-state index in [2.05, 4.69) is 4.98 Å². The highest BCUT2D eigenvalue weighted by atomic mass is 35.5. The summed E-state index contributed by atoms with van der Waals surface area (Å²) in [4.78, 5) is 33.4. The Morgan fingerprint density at radius 3 is 2.57 bits per heavy atom. The Bertz CT molecular complexity index is 1010. The number of amides is 1. The number of rotatable bonds is 4. The lowest BCUT2D eigenvalue weighted by Crippen LogP contribution is -2.40. The summed E-state index contributed by atoms with van der Waals surface area (Å²) >= 11 is 15.0. The van der Waals surface area contributed by atoms with Crippen LogP contribution in [0.3, 0.4) is 0 Å². The highest BCUT2D eigenvalue weighted by Crippen LogP contribution is 2.31. The Morgan fingerprint density at radius 2 is 1.89 bits per heavy atom. The Kier molecular flexibility index (Phi) is 5.83. The average molecular weight is 451 g/mol. The molecule has 0 N–H and O–H groups in total. The number of carbonyl (C=O) groups excluding carboxylic acids is 2. The molecule has 1 saturated heterocycles. The smallest absolute Gasteiger partial charge is 0.265 e. The number of halogens is 2. The summed E-state index contributed by atoms with van der Waals surface area (Å²) in [5, 5.41) is 3.67. The van der Waals surface area contributed by atoms with E-state index >= 15 is 0 Å². The van der Waals surface area contributed by atoms with Crippen molar-refractivity contribution in [1.82, 2.24) is 9.88 Å². The van der Waals surface area contributed by atoms with Gasteiger partial charge in [0, 0.05) is 24.6 Å². The Morgan fingerprint density at radius 1 is 1.11 bits per heavy atom. The summed E-state index contributed by atoms with van der Waals surface area (Å²) in [6, 6.07) is 8.94. The number of Topliss-reactive ketones (excluding diaryl/α,β-unsaturated/α-hetero) is 1.